The minimum absolute atomic E-state index is 0.203. The Hall–Kier alpha value is -1.63. The van der Waals surface area contributed by atoms with Crippen molar-refractivity contribution < 1.29 is 29.2 Å². The molecule has 1 aromatic carbocycles. The van der Waals surface area contributed by atoms with Crippen LogP contribution >= 0.6 is 0 Å². The van der Waals surface area contributed by atoms with E-state index in [1.807, 2.05) is 37.3 Å². The van der Waals surface area contributed by atoms with Gasteiger partial charge in [0.25, 0.3) is 0 Å². The van der Waals surface area contributed by atoms with Crippen LogP contribution in [0.2, 0.25) is 0 Å². The third-order valence-electron chi connectivity index (χ3n) is 7.03. The van der Waals surface area contributed by atoms with Gasteiger partial charge in [0.15, 0.2) is 0 Å². The number of nitrogens with one attached hydrogen (secondary N) is 3. The first-order chi connectivity index (χ1) is 15.8. The number of carbonyl (C=O) groups excluding carboxylic acids is 1. The van der Waals surface area contributed by atoms with E-state index in [0.29, 0.717) is 19.3 Å². The van der Waals surface area contributed by atoms with Crippen LogP contribution in [0.5, 0.6) is 0 Å². The summed E-state index contributed by atoms with van der Waals surface area (Å²) in [5.41, 5.74) is 7.11. The lowest BCUT2D eigenvalue weighted by Crippen LogP contribution is -2.76. The fourth-order valence-electron chi connectivity index (χ4n) is 5.18. The van der Waals surface area contributed by atoms with Crippen LogP contribution in [0.25, 0.3) is 0 Å². The number of likely N-dealkylation sites (N-methyl/N-ethyl adjacent to an activating group) is 2. The van der Waals surface area contributed by atoms with Crippen molar-refractivity contribution in [1.29, 1.82) is 0 Å². The average Bonchev–Trinajstić information content (AvgIpc) is 2.79. The molecule has 0 aromatic heterocycles. The molecule has 10 atom stereocenters. The zero-order valence-electron chi connectivity index (χ0n) is 19.3. The van der Waals surface area contributed by atoms with Crippen LogP contribution in [0, 0.1) is 0 Å². The summed E-state index contributed by atoms with van der Waals surface area (Å²) in [6.07, 6.45) is -1.97. The molecule has 1 amide bonds. The summed E-state index contributed by atoms with van der Waals surface area (Å²) < 4.78 is 18.3. The zero-order chi connectivity index (χ0) is 23.8. The van der Waals surface area contributed by atoms with Crippen LogP contribution in [0.1, 0.15) is 25.3 Å². The number of fused-ring (bicyclic) bond motifs is 2. The molecule has 0 spiro atoms. The monoisotopic (exact) mass is 464 g/mol. The standard InChI is InChI=1S/C23H36N4O6/c1-12-9-17(27-21(29)14(24)10-13-7-5-4-6-8-13)23(30)22(31-12)32-16-11-15(25-2)19(28)18(26-3)20(16)33-23/h4-8,12,14-20,22,25-26,28,30H,9-11,24H2,1-3H3,(H,27,29)/t12-,14+,15+,16?,17-,18+,19+,20?,22?,23+/m1/s1. The third kappa shape index (κ3) is 4.80. The van der Waals surface area contributed by atoms with Gasteiger partial charge in [-0.05, 0) is 45.8 Å². The Morgan fingerprint density at radius 3 is 2.61 bits per heavy atom. The number of ether oxygens (including phenoxy) is 3. The van der Waals surface area contributed by atoms with E-state index in [1.165, 1.54) is 0 Å². The maximum Gasteiger partial charge on any atom is 0.239 e. The molecule has 0 radical (unpaired) electrons. The number of amides is 1. The number of aliphatic hydroxyl groups excluding tert-OH is 1. The van der Waals surface area contributed by atoms with Crippen LogP contribution in [0.4, 0.5) is 0 Å². The van der Waals surface area contributed by atoms with E-state index in [4.69, 9.17) is 19.9 Å². The van der Waals surface area contributed by atoms with Crippen molar-refractivity contribution in [1.82, 2.24) is 16.0 Å². The molecule has 1 saturated carbocycles. The SMILES string of the molecule is CN[C@H]1CC2OC3O[C@H](C)C[C@@H](NC(=O)[C@@H](N)Cc4ccccc4)[C@]3(O)OC2[C@@H](NC)[C@H]1O. The van der Waals surface area contributed by atoms with Gasteiger partial charge in [-0.2, -0.15) is 0 Å². The van der Waals surface area contributed by atoms with Crippen molar-refractivity contribution in [3.8, 4) is 0 Å². The van der Waals surface area contributed by atoms with E-state index in [-0.39, 0.29) is 18.1 Å². The lowest BCUT2D eigenvalue weighted by molar-refractivity contribution is -0.442. The van der Waals surface area contributed by atoms with Crippen molar-refractivity contribution in [2.45, 2.75) is 86.8 Å². The van der Waals surface area contributed by atoms with Gasteiger partial charge in [0.05, 0.1) is 36.4 Å². The van der Waals surface area contributed by atoms with Crippen molar-refractivity contribution >= 4 is 5.91 Å². The van der Waals surface area contributed by atoms with Gasteiger partial charge in [0, 0.05) is 6.04 Å². The summed E-state index contributed by atoms with van der Waals surface area (Å²) in [5.74, 6) is -2.31. The Bertz CT molecular complexity index is 815. The molecule has 10 nitrogen and oxygen atoms in total. The zero-order valence-corrected chi connectivity index (χ0v) is 19.3. The normalized spacial score (nSPS) is 41.5. The van der Waals surface area contributed by atoms with Gasteiger partial charge in [-0.1, -0.05) is 30.3 Å². The highest BCUT2D eigenvalue weighted by Gasteiger charge is 2.61. The summed E-state index contributed by atoms with van der Waals surface area (Å²) in [6, 6.07) is 7.25. The third-order valence-corrected chi connectivity index (χ3v) is 7.03. The molecule has 10 heteroatoms. The predicted octanol–water partition coefficient (Wildman–Crippen LogP) is -1.41. The molecule has 0 bridgehead atoms. The molecule has 3 unspecified atom stereocenters. The topological polar surface area (TPSA) is 147 Å². The van der Waals surface area contributed by atoms with Crippen LogP contribution in [-0.4, -0.2) is 90.9 Å². The predicted molar refractivity (Wildman–Crippen MR) is 120 cm³/mol. The Morgan fingerprint density at radius 2 is 1.94 bits per heavy atom. The average molecular weight is 465 g/mol. The molecule has 7 N–H and O–H groups in total. The van der Waals surface area contributed by atoms with Gasteiger partial charge in [-0.25, -0.2) is 0 Å². The van der Waals surface area contributed by atoms with Crippen LogP contribution in [-0.2, 0) is 25.4 Å². The lowest BCUT2D eigenvalue weighted by atomic mass is 9.81. The molecular weight excluding hydrogens is 428 g/mol. The summed E-state index contributed by atoms with van der Waals surface area (Å²) in [6.45, 7) is 1.86. The second-order valence-corrected chi connectivity index (χ2v) is 9.32. The number of hydrogen-bond donors (Lipinski definition) is 6. The van der Waals surface area contributed by atoms with Crippen molar-refractivity contribution in [3.63, 3.8) is 0 Å². The first-order valence-electron chi connectivity index (χ1n) is 11.6. The Morgan fingerprint density at radius 1 is 1.21 bits per heavy atom. The van der Waals surface area contributed by atoms with Gasteiger partial charge in [0.2, 0.25) is 18.0 Å². The van der Waals surface area contributed by atoms with Crippen LogP contribution < -0.4 is 21.7 Å². The van der Waals surface area contributed by atoms with Gasteiger partial charge >= 0.3 is 0 Å². The molecule has 2 heterocycles. The first-order valence-corrected chi connectivity index (χ1v) is 11.6. The molecule has 1 aromatic rings. The van der Waals surface area contributed by atoms with Gasteiger partial charge in [-0.3, -0.25) is 4.79 Å². The number of hydrogen-bond acceptors (Lipinski definition) is 9. The smallest absolute Gasteiger partial charge is 0.239 e. The highest BCUT2D eigenvalue weighted by molar-refractivity contribution is 5.82. The molecule has 2 saturated heterocycles. The summed E-state index contributed by atoms with van der Waals surface area (Å²) in [5, 5.41) is 31.4. The van der Waals surface area contributed by atoms with Gasteiger partial charge < -0.3 is 46.1 Å². The molecule has 1 aliphatic carbocycles. The van der Waals surface area contributed by atoms with Crippen molar-refractivity contribution in [2.75, 3.05) is 14.1 Å². The van der Waals surface area contributed by atoms with Crippen molar-refractivity contribution in [3.05, 3.63) is 35.9 Å². The lowest BCUT2D eigenvalue weighted by Gasteiger charge is -2.57. The van der Waals surface area contributed by atoms with E-state index < -0.39 is 48.5 Å². The second kappa shape index (κ2) is 9.93. The number of nitrogens with two attached hydrogens (primary N) is 1. The van der Waals surface area contributed by atoms with E-state index in [9.17, 15) is 15.0 Å². The van der Waals surface area contributed by atoms with Gasteiger partial charge in [-0.15, -0.1) is 0 Å². The molecule has 4 rings (SSSR count). The highest BCUT2D eigenvalue weighted by atomic mass is 16.8. The molecular formula is C23H36N4O6. The summed E-state index contributed by atoms with van der Waals surface area (Å²) in [7, 11) is 3.51. The molecule has 33 heavy (non-hydrogen) atoms. The van der Waals surface area contributed by atoms with Crippen LogP contribution in [0.15, 0.2) is 30.3 Å². The van der Waals surface area contributed by atoms with E-state index in [1.54, 1.807) is 14.1 Å². The number of benzene rings is 1. The quantitative estimate of drug-likeness (QED) is 0.299. The number of rotatable bonds is 6. The Labute approximate surface area is 194 Å². The number of aliphatic hydroxyl groups is 2. The minimum Gasteiger partial charge on any atom is -0.390 e. The molecule has 3 fully saturated rings. The van der Waals surface area contributed by atoms with E-state index in [0.717, 1.165) is 5.56 Å². The Kier molecular flexibility index (Phi) is 7.37. The largest absolute Gasteiger partial charge is 0.390 e. The second-order valence-electron chi connectivity index (χ2n) is 9.32. The maximum atomic E-state index is 12.9. The van der Waals surface area contributed by atoms with Crippen molar-refractivity contribution in [2.24, 2.45) is 5.73 Å². The first kappa shape index (κ1) is 24.5. The van der Waals surface area contributed by atoms with E-state index >= 15 is 0 Å². The molecule has 3 aliphatic rings. The van der Waals surface area contributed by atoms with E-state index in [2.05, 4.69) is 16.0 Å². The maximum absolute atomic E-state index is 12.9. The molecule has 2 aliphatic heterocycles. The van der Waals surface area contributed by atoms with Gasteiger partial charge in [0.1, 0.15) is 6.10 Å². The fraction of sp³-hybridized carbons (Fsp3) is 0.696. The Balaban J connectivity index is 1.51. The minimum atomic E-state index is -1.92. The van der Waals surface area contributed by atoms with Crippen LogP contribution in [0.3, 0.4) is 0 Å². The summed E-state index contributed by atoms with van der Waals surface area (Å²) in [4.78, 5) is 12.9. The highest BCUT2D eigenvalue weighted by Crippen LogP contribution is 2.41. The molecule has 184 valence electrons. The fourth-order valence-corrected chi connectivity index (χ4v) is 5.18. The summed E-state index contributed by atoms with van der Waals surface area (Å²) >= 11 is 0. The number of carbonyl (C=O) groups is 1.